The fraction of sp³-hybridized carbons (Fsp3) is 0.733. The van der Waals surface area contributed by atoms with E-state index >= 15 is 0 Å². The number of nitrogens with zero attached hydrogens (tertiary/aromatic N) is 3. The molecule has 19 heavy (non-hydrogen) atoms. The number of rotatable bonds is 5. The van der Waals surface area contributed by atoms with Crippen molar-refractivity contribution in [1.29, 1.82) is 0 Å². The van der Waals surface area contributed by atoms with Crippen molar-refractivity contribution >= 4 is 0 Å². The summed E-state index contributed by atoms with van der Waals surface area (Å²) in [5.74, 6) is 1.68. The summed E-state index contributed by atoms with van der Waals surface area (Å²) < 4.78 is 0. The van der Waals surface area contributed by atoms with E-state index in [4.69, 9.17) is 0 Å². The first-order chi connectivity index (χ1) is 9.19. The molecule has 1 aromatic rings. The van der Waals surface area contributed by atoms with Crippen LogP contribution in [0.15, 0.2) is 18.5 Å². The van der Waals surface area contributed by atoms with Gasteiger partial charge in [0.25, 0.3) is 0 Å². The molecule has 0 aliphatic carbocycles. The van der Waals surface area contributed by atoms with Crippen molar-refractivity contribution < 1.29 is 0 Å². The summed E-state index contributed by atoms with van der Waals surface area (Å²) in [5, 5.41) is 3.68. The highest BCUT2D eigenvalue weighted by molar-refractivity contribution is 4.93. The minimum absolute atomic E-state index is 0.603. The Morgan fingerprint density at radius 3 is 2.74 bits per heavy atom. The third kappa shape index (κ3) is 4.25. The van der Waals surface area contributed by atoms with Crippen LogP contribution in [0.5, 0.6) is 0 Å². The average Bonchev–Trinajstić information content (AvgIpc) is 2.39. The van der Waals surface area contributed by atoms with Crippen LogP contribution in [0.2, 0.25) is 0 Å². The molecule has 0 amide bonds. The minimum Gasteiger partial charge on any atom is -0.311 e. The van der Waals surface area contributed by atoms with Gasteiger partial charge in [-0.15, -0.1) is 0 Å². The Morgan fingerprint density at radius 1 is 1.37 bits per heavy atom. The van der Waals surface area contributed by atoms with E-state index < -0.39 is 0 Å². The van der Waals surface area contributed by atoms with E-state index in [1.54, 1.807) is 0 Å². The van der Waals surface area contributed by atoms with Gasteiger partial charge in [0.2, 0.25) is 0 Å². The third-order valence-electron chi connectivity index (χ3n) is 3.80. The zero-order valence-corrected chi connectivity index (χ0v) is 12.3. The van der Waals surface area contributed by atoms with Gasteiger partial charge in [0.1, 0.15) is 5.82 Å². The molecule has 1 fully saturated rings. The zero-order valence-electron chi connectivity index (χ0n) is 12.3. The monoisotopic (exact) mass is 262 g/mol. The molecule has 2 unspecified atom stereocenters. The van der Waals surface area contributed by atoms with Gasteiger partial charge in [0.05, 0.1) is 6.54 Å². The molecule has 1 N–H and O–H groups in total. The van der Waals surface area contributed by atoms with Gasteiger partial charge >= 0.3 is 0 Å². The number of nitrogens with one attached hydrogen (secondary N) is 1. The van der Waals surface area contributed by atoms with Gasteiger partial charge in [0.15, 0.2) is 0 Å². The highest BCUT2D eigenvalue weighted by atomic mass is 15.2. The molecule has 2 atom stereocenters. The molecule has 106 valence electrons. The maximum absolute atomic E-state index is 4.35. The summed E-state index contributed by atoms with van der Waals surface area (Å²) in [4.78, 5) is 11.2. The molecule has 2 heterocycles. The second kappa shape index (κ2) is 6.96. The SMILES string of the molecule is CCC1CNC(CC(C)C)CN1Cc1ncccn1. The fourth-order valence-corrected chi connectivity index (χ4v) is 2.84. The van der Waals surface area contributed by atoms with E-state index in [9.17, 15) is 0 Å². The fourth-order valence-electron chi connectivity index (χ4n) is 2.84. The second-order valence-corrected chi connectivity index (χ2v) is 5.89. The Kier molecular flexibility index (Phi) is 5.28. The van der Waals surface area contributed by atoms with E-state index in [1.165, 1.54) is 12.8 Å². The molecule has 1 aliphatic rings. The molecule has 0 spiro atoms. The molecular weight excluding hydrogens is 236 g/mol. The normalized spacial score (nSPS) is 24.8. The lowest BCUT2D eigenvalue weighted by molar-refractivity contribution is 0.108. The lowest BCUT2D eigenvalue weighted by Gasteiger charge is -2.40. The number of aromatic nitrogens is 2. The minimum atomic E-state index is 0.603. The molecule has 0 radical (unpaired) electrons. The Bertz CT molecular complexity index is 366. The van der Waals surface area contributed by atoms with E-state index in [0.29, 0.717) is 12.1 Å². The summed E-state index contributed by atoms with van der Waals surface area (Å²) in [7, 11) is 0. The number of hydrogen-bond donors (Lipinski definition) is 1. The van der Waals surface area contributed by atoms with Gasteiger partial charge in [-0.05, 0) is 24.8 Å². The highest BCUT2D eigenvalue weighted by Crippen LogP contribution is 2.16. The third-order valence-corrected chi connectivity index (χ3v) is 3.80. The lowest BCUT2D eigenvalue weighted by Crippen LogP contribution is -2.56. The number of piperazine rings is 1. The summed E-state index contributed by atoms with van der Waals surface area (Å²) in [6.45, 7) is 9.90. The van der Waals surface area contributed by atoms with Crippen LogP contribution in [0.4, 0.5) is 0 Å². The molecule has 1 saturated heterocycles. The number of hydrogen-bond acceptors (Lipinski definition) is 4. The van der Waals surface area contributed by atoms with E-state index in [0.717, 1.165) is 31.4 Å². The van der Waals surface area contributed by atoms with Crippen LogP contribution in [0.25, 0.3) is 0 Å². The lowest BCUT2D eigenvalue weighted by atomic mass is 9.99. The average molecular weight is 262 g/mol. The van der Waals surface area contributed by atoms with Crippen molar-refractivity contribution in [2.45, 2.75) is 52.2 Å². The Balaban J connectivity index is 1.97. The molecular formula is C15H26N4. The second-order valence-electron chi connectivity index (χ2n) is 5.89. The standard InChI is InChI=1S/C15H26N4/c1-4-14-9-18-13(8-12(2)3)10-19(14)11-15-16-6-5-7-17-15/h5-7,12-14,18H,4,8-11H2,1-3H3. The van der Waals surface area contributed by atoms with Crippen LogP contribution in [-0.4, -0.2) is 40.0 Å². The summed E-state index contributed by atoms with van der Waals surface area (Å²) in [6.07, 6.45) is 6.07. The molecule has 0 saturated carbocycles. The summed E-state index contributed by atoms with van der Waals surface area (Å²) >= 11 is 0. The predicted octanol–water partition coefficient (Wildman–Crippen LogP) is 2.08. The van der Waals surface area contributed by atoms with Gasteiger partial charge in [-0.2, -0.15) is 0 Å². The van der Waals surface area contributed by atoms with Crippen molar-refractivity contribution in [3.05, 3.63) is 24.3 Å². The molecule has 1 aromatic heterocycles. The zero-order chi connectivity index (χ0) is 13.7. The topological polar surface area (TPSA) is 41.0 Å². The van der Waals surface area contributed by atoms with Crippen LogP contribution < -0.4 is 5.32 Å². The molecule has 2 rings (SSSR count). The highest BCUT2D eigenvalue weighted by Gasteiger charge is 2.27. The van der Waals surface area contributed by atoms with Crippen molar-refractivity contribution in [3.8, 4) is 0 Å². The van der Waals surface area contributed by atoms with Crippen LogP contribution in [-0.2, 0) is 6.54 Å². The first kappa shape index (κ1) is 14.4. The summed E-state index contributed by atoms with van der Waals surface area (Å²) in [5.41, 5.74) is 0. The van der Waals surface area contributed by atoms with E-state index in [2.05, 4.69) is 41.0 Å². The van der Waals surface area contributed by atoms with Crippen molar-refractivity contribution in [2.75, 3.05) is 13.1 Å². The van der Waals surface area contributed by atoms with Gasteiger partial charge < -0.3 is 5.32 Å². The van der Waals surface area contributed by atoms with Gasteiger partial charge in [-0.3, -0.25) is 4.90 Å². The van der Waals surface area contributed by atoms with Crippen LogP contribution in [0.1, 0.15) is 39.4 Å². The van der Waals surface area contributed by atoms with Gasteiger partial charge in [0, 0.05) is 37.6 Å². The van der Waals surface area contributed by atoms with Gasteiger partial charge in [-0.1, -0.05) is 20.8 Å². The predicted molar refractivity (Wildman–Crippen MR) is 77.8 cm³/mol. The molecule has 0 aromatic carbocycles. The van der Waals surface area contributed by atoms with Crippen molar-refractivity contribution in [1.82, 2.24) is 20.2 Å². The maximum Gasteiger partial charge on any atom is 0.142 e. The first-order valence-electron chi connectivity index (χ1n) is 7.42. The maximum atomic E-state index is 4.35. The first-order valence-corrected chi connectivity index (χ1v) is 7.42. The molecule has 1 aliphatic heterocycles. The van der Waals surface area contributed by atoms with E-state index in [-0.39, 0.29) is 0 Å². The molecule has 4 nitrogen and oxygen atoms in total. The van der Waals surface area contributed by atoms with Crippen molar-refractivity contribution in [2.24, 2.45) is 5.92 Å². The molecule has 0 bridgehead atoms. The largest absolute Gasteiger partial charge is 0.311 e. The van der Waals surface area contributed by atoms with Gasteiger partial charge in [-0.25, -0.2) is 9.97 Å². The Morgan fingerprint density at radius 2 is 2.11 bits per heavy atom. The van der Waals surface area contributed by atoms with Crippen molar-refractivity contribution in [3.63, 3.8) is 0 Å². The Labute approximate surface area is 116 Å². The smallest absolute Gasteiger partial charge is 0.142 e. The van der Waals surface area contributed by atoms with Crippen LogP contribution in [0, 0.1) is 5.92 Å². The summed E-state index contributed by atoms with van der Waals surface area (Å²) in [6, 6.07) is 3.08. The van der Waals surface area contributed by atoms with Crippen LogP contribution in [0.3, 0.4) is 0 Å². The van der Waals surface area contributed by atoms with E-state index in [1.807, 2.05) is 18.5 Å². The van der Waals surface area contributed by atoms with Crippen LogP contribution >= 0.6 is 0 Å². The quantitative estimate of drug-likeness (QED) is 0.882. The Hall–Kier alpha value is -1.00. The molecule has 4 heteroatoms.